The van der Waals surface area contributed by atoms with Gasteiger partial charge in [0, 0.05) is 20.6 Å². The van der Waals surface area contributed by atoms with Crippen molar-refractivity contribution in [2.24, 2.45) is 5.92 Å². The molecule has 6 rings (SSSR count). The Bertz CT molecular complexity index is 1630. The summed E-state index contributed by atoms with van der Waals surface area (Å²) < 4.78 is 26.1. The number of thiol groups is 2. The Morgan fingerprint density at radius 3 is 2.93 bits per heavy atom. The number of ether oxygens (including phenoxy) is 2. The summed E-state index contributed by atoms with van der Waals surface area (Å²) in [6.07, 6.45) is 1.76. The number of imidazole rings is 1. The Morgan fingerprint density at radius 1 is 1.31 bits per heavy atom. The lowest BCUT2D eigenvalue weighted by Crippen LogP contribution is -2.34. The topological polar surface area (TPSA) is 229 Å². The van der Waals surface area contributed by atoms with Crippen molar-refractivity contribution in [1.82, 2.24) is 44.5 Å². The monoisotopic (exact) mass is 657 g/mol. The lowest BCUT2D eigenvalue weighted by atomic mass is 10.00. The minimum Gasteiger partial charge on any atom is -0.389 e. The molecule has 0 amide bonds. The van der Waals surface area contributed by atoms with Crippen molar-refractivity contribution in [2.45, 2.75) is 53.3 Å². The highest BCUT2D eigenvalue weighted by Crippen LogP contribution is 2.46. The van der Waals surface area contributed by atoms with Crippen LogP contribution in [0.4, 0.5) is 11.8 Å². The molecule has 0 bridgehead atoms. The van der Waals surface area contributed by atoms with Gasteiger partial charge >= 0.3 is 0 Å². The fraction of sp³-hybridized carbons (Fsp3) is 0.571. The second-order valence-electron chi connectivity index (χ2n) is 9.86. The maximum absolute atomic E-state index is 12.2. The second kappa shape index (κ2) is 12.4. The zero-order chi connectivity index (χ0) is 29.5. The number of hydrogen-bond acceptors (Lipinski definition) is 17. The SMILES string of the molecule is Nc1nc2c(nnn2[C@@H]2SC(CC(S)OC[C@H]3C[C@H](c4cnc5c(N)ncnn45)O[C@@H]3COP)[C@@H](O)[C@H]2OS)c(=O)[nH]1. The van der Waals surface area contributed by atoms with E-state index in [1.165, 1.54) is 22.8 Å². The Morgan fingerprint density at radius 2 is 2.14 bits per heavy atom. The molecule has 2 aliphatic heterocycles. The Hall–Kier alpha value is -2.29. The van der Waals surface area contributed by atoms with Crippen molar-refractivity contribution in [3.63, 3.8) is 0 Å². The zero-order valence-electron chi connectivity index (χ0n) is 21.7. The molecular weight excluding hydrogens is 629 g/mol. The summed E-state index contributed by atoms with van der Waals surface area (Å²) in [5, 5.41) is 22.4. The molecular formula is C21H28N11O6PS3. The van der Waals surface area contributed by atoms with Crippen LogP contribution in [-0.2, 0) is 18.2 Å². The second-order valence-corrected chi connectivity index (χ2v) is 12.3. The molecule has 2 fully saturated rings. The van der Waals surface area contributed by atoms with Gasteiger partial charge in [-0.15, -0.1) is 29.5 Å². The number of H-pyrrole nitrogens is 1. The minimum atomic E-state index is -0.948. The number of rotatable bonds is 10. The van der Waals surface area contributed by atoms with E-state index in [2.05, 4.69) is 70.4 Å². The van der Waals surface area contributed by atoms with Crippen molar-refractivity contribution in [2.75, 3.05) is 24.7 Å². The van der Waals surface area contributed by atoms with E-state index in [1.807, 2.05) is 0 Å². The van der Waals surface area contributed by atoms with Crippen molar-refractivity contribution in [3.05, 3.63) is 28.6 Å². The summed E-state index contributed by atoms with van der Waals surface area (Å²) in [5.74, 6) is 0.182. The van der Waals surface area contributed by atoms with E-state index in [0.29, 0.717) is 31.7 Å². The molecule has 0 saturated carbocycles. The van der Waals surface area contributed by atoms with Crippen molar-refractivity contribution < 1.29 is 23.3 Å². The van der Waals surface area contributed by atoms with Gasteiger partial charge in [-0.1, -0.05) is 5.21 Å². The highest BCUT2D eigenvalue weighted by atomic mass is 32.2. The van der Waals surface area contributed by atoms with E-state index in [4.69, 9.17) is 29.6 Å². The first-order chi connectivity index (χ1) is 20.3. The molecule has 226 valence electrons. The number of hydrogen-bond donors (Lipinski definition) is 6. The summed E-state index contributed by atoms with van der Waals surface area (Å²) in [5.41, 5.74) is 12.0. The number of anilines is 2. The number of thioether (sulfide) groups is 1. The van der Waals surface area contributed by atoms with Gasteiger partial charge in [-0.3, -0.25) is 9.78 Å². The molecule has 42 heavy (non-hydrogen) atoms. The quantitative estimate of drug-likeness (QED) is 0.0568. The fourth-order valence-electron chi connectivity index (χ4n) is 5.27. The van der Waals surface area contributed by atoms with Gasteiger partial charge in [0.1, 0.15) is 29.3 Å². The van der Waals surface area contributed by atoms with Crippen LogP contribution in [0.2, 0.25) is 0 Å². The third-order valence-electron chi connectivity index (χ3n) is 7.29. The largest absolute Gasteiger partial charge is 0.389 e. The lowest BCUT2D eigenvalue weighted by Gasteiger charge is -2.23. The molecule has 4 aromatic heterocycles. The number of nitrogens with one attached hydrogen (secondary N) is 1. The van der Waals surface area contributed by atoms with Gasteiger partial charge in [-0.2, -0.15) is 10.1 Å². The van der Waals surface area contributed by atoms with Crippen LogP contribution in [0.15, 0.2) is 17.3 Å². The van der Waals surface area contributed by atoms with Gasteiger partial charge in [0.15, 0.2) is 22.6 Å². The van der Waals surface area contributed by atoms with E-state index in [1.54, 1.807) is 10.7 Å². The molecule has 0 spiro atoms. The third kappa shape index (κ3) is 5.55. The zero-order valence-corrected chi connectivity index (χ0v) is 25.5. The number of aliphatic hydroxyl groups is 1. The van der Waals surface area contributed by atoms with Gasteiger partial charge in [-0.25, -0.2) is 19.2 Å². The normalized spacial score (nSPS) is 28.7. The number of nitrogens with two attached hydrogens (primary N) is 2. The standard InChI is InChI=1S/C21H28N11O6PS3/c22-16-18-24-3-8(31(18)26-6-25-16)9-1-7(10(37-9)5-36-39)4-35-12(40)2-11-14(33)15(38-41)20(42-11)32-17-13(29-30-32)19(34)28-21(23)27-17/h3,6-7,9-12,14-15,20,33,40-41H,1-2,4-5,39H2,(H2,22,25,26)(H3,23,27,28,34)/t7-,9-,10-,11?,12?,14-,15-,20-/m1/s1. The van der Waals surface area contributed by atoms with E-state index in [0.717, 1.165) is 5.69 Å². The lowest BCUT2D eigenvalue weighted by molar-refractivity contribution is -0.0136. The van der Waals surface area contributed by atoms with Crippen LogP contribution in [0.25, 0.3) is 16.8 Å². The predicted molar refractivity (Wildman–Crippen MR) is 161 cm³/mol. The van der Waals surface area contributed by atoms with Crippen molar-refractivity contribution in [1.29, 1.82) is 0 Å². The maximum atomic E-state index is 12.2. The number of nitrogens with zero attached hydrogens (tertiary/aromatic N) is 8. The highest BCUT2D eigenvalue weighted by Gasteiger charge is 2.47. The number of aromatic nitrogens is 9. The minimum absolute atomic E-state index is 0.0199. The molecule has 4 aromatic rings. The first-order valence-electron chi connectivity index (χ1n) is 12.7. The number of aliphatic hydroxyl groups excluding tert-OH is 1. The molecule has 17 nitrogen and oxygen atoms in total. The molecule has 3 unspecified atom stereocenters. The highest BCUT2D eigenvalue weighted by molar-refractivity contribution is 8.00. The molecule has 6 N–H and O–H groups in total. The number of nitrogen functional groups attached to an aromatic ring is 2. The molecule has 2 saturated heterocycles. The average molecular weight is 658 g/mol. The first kappa shape index (κ1) is 29.8. The summed E-state index contributed by atoms with van der Waals surface area (Å²) in [7, 11) is 2.24. The van der Waals surface area contributed by atoms with Crippen LogP contribution in [0.5, 0.6) is 0 Å². The summed E-state index contributed by atoms with van der Waals surface area (Å²) >= 11 is 10.00. The molecule has 6 heterocycles. The van der Waals surface area contributed by atoms with Crippen LogP contribution >= 0.6 is 46.8 Å². The molecule has 0 aliphatic carbocycles. The molecule has 21 heteroatoms. The van der Waals surface area contributed by atoms with Gasteiger partial charge in [0.2, 0.25) is 5.95 Å². The summed E-state index contributed by atoms with van der Waals surface area (Å²) in [6, 6.07) is 0. The first-order valence-corrected chi connectivity index (χ1v) is 15.0. The van der Waals surface area contributed by atoms with E-state index >= 15 is 0 Å². The third-order valence-corrected chi connectivity index (χ3v) is 9.66. The van der Waals surface area contributed by atoms with E-state index in [-0.39, 0.29) is 46.3 Å². The van der Waals surface area contributed by atoms with Gasteiger partial charge in [0.25, 0.3) is 5.56 Å². The summed E-state index contributed by atoms with van der Waals surface area (Å²) in [4.78, 5) is 27.1. The maximum Gasteiger partial charge on any atom is 0.282 e. The van der Waals surface area contributed by atoms with Gasteiger partial charge in [0.05, 0.1) is 37.3 Å². The van der Waals surface area contributed by atoms with Gasteiger partial charge < -0.3 is 34.8 Å². The smallest absolute Gasteiger partial charge is 0.282 e. The molecule has 2 aliphatic rings. The van der Waals surface area contributed by atoms with Crippen LogP contribution < -0.4 is 17.0 Å². The van der Waals surface area contributed by atoms with Crippen LogP contribution in [0.1, 0.15) is 30.0 Å². The fourth-order valence-corrected chi connectivity index (χ4v) is 7.82. The van der Waals surface area contributed by atoms with Crippen LogP contribution in [0.3, 0.4) is 0 Å². The van der Waals surface area contributed by atoms with Crippen LogP contribution in [-0.4, -0.2) is 91.9 Å². The van der Waals surface area contributed by atoms with E-state index < -0.39 is 28.6 Å². The predicted octanol–water partition coefficient (Wildman–Crippen LogP) is -0.0627. The Kier molecular flexibility index (Phi) is 8.77. The Labute approximate surface area is 255 Å². The van der Waals surface area contributed by atoms with Gasteiger partial charge in [-0.05, 0) is 25.8 Å². The average Bonchev–Trinajstić information content (AvgIpc) is 3.73. The molecule has 0 radical (unpaired) electrons. The Balaban J connectivity index is 1.11. The van der Waals surface area contributed by atoms with Crippen molar-refractivity contribution >= 4 is 75.3 Å². The molecule has 9 atom stereocenters. The number of fused-ring (bicyclic) bond motifs is 2. The van der Waals surface area contributed by atoms with Crippen LogP contribution in [0, 0.1) is 5.92 Å². The van der Waals surface area contributed by atoms with Crippen molar-refractivity contribution in [3.8, 4) is 0 Å². The number of aromatic amines is 1. The van der Waals surface area contributed by atoms with E-state index in [9.17, 15) is 9.90 Å². The molecule has 0 aromatic carbocycles. The summed E-state index contributed by atoms with van der Waals surface area (Å²) in [6.45, 7) is 0.674.